The third-order valence-corrected chi connectivity index (χ3v) is 4.08. The molecule has 1 N–H and O–H groups in total. The molecule has 0 aromatic carbocycles. The van der Waals surface area contributed by atoms with Crippen LogP contribution in [0.4, 0.5) is 0 Å². The van der Waals surface area contributed by atoms with E-state index in [4.69, 9.17) is 4.74 Å². The number of nitrogens with one attached hydrogen (secondary N) is 1. The molecule has 17 heavy (non-hydrogen) atoms. The van der Waals surface area contributed by atoms with E-state index in [1.54, 1.807) is 0 Å². The fraction of sp³-hybridized carbons (Fsp3) is 1.00. The van der Waals surface area contributed by atoms with Crippen molar-refractivity contribution in [1.29, 1.82) is 0 Å². The van der Waals surface area contributed by atoms with Crippen LogP contribution in [0.5, 0.6) is 0 Å². The summed E-state index contributed by atoms with van der Waals surface area (Å²) in [5.74, 6) is 0.931. The number of ether oxygens (including phenoxy) is 1. The molecule has 2 fully saturated rings. The number of nitrogens with zero attached hydrogens (tertiary/aromatic N) is 1. The summed E-state index contributed by atoms with van der Waals surface area (Å²) in [6.07, 6.45) is 4.08. The first-order chi connectivity index (χ1) is 8.13. The highest BCUT2D eigenvalue weighted by molar-refractivity contribution is 4.93. The molecule has 1 atom stereocenters. The van der Waals surface area contributed by atoms with Gasteiger partial charge < -0.3 is 10.1 Å². The Morgan fingerprint density at radius 2 is 2.18 bits per heavy atom. The van der Waals surface area contributed by atoms with Crippen molar-refractivity contribution in [3.63, 3.8) is 0 Å². The van der Waals surface area contributed by atoms with Crippen LogP contribution in [0.3, 0.4) is 0 Å². The van der Waals surface area contributed by atoms with E-state index in [9.17, 15) is 0 Å². The van der Waals surface area contributed by atoms with Crippen LogP contribution in [0.25, 0.3) is 0 Å². The highest BCUT2D eigenvalue weighted by atomic mass is 16.5. The minimum atomic E-state index is 0.208. The van der Waals surface area contributed by atoms with E-state index in [1.807, 2.05) is 0 Å². The summed E-state index contributed by atoms with van der Waals surface area (Å²) in [4.78, 5) is 2.61. The monoisotopic (exact) mass is 240 g/mol. The molecule has 2 rings (SSSR count). The van der Waals surface area contributed by atoms with E-state index < -0.39 is 0 Å². The molecule has 0 radical (unpaired) electrons. The Bertz CT molecular complexity index is 238. The average Bonchev–Trinajstić information content (AvgIpc) is 3.10. The Balaban J connectivity index is 1.87. The summed E-state index contributed by atoms with van der Waals surface area (Å²) in [6, 6.07) is 0.701. The van der Waals surface area contributed by atoms with Crippen LogP contribution in [0.2, 0.25) is 0 Å². The lowest BCUT2D eigenvalue weighted by molar-refractivity contribution is -0.0552. The predicted octanol–water partition coefficient (Wildman–Crippen LogP) is 1.88. The Labute approximate surface area is 106 Å². The van der Waals surface area contributed by atoms with E-state index in [-0.39, 0.29) is 5.54 Å². The second kappa shape index (κ2) is 5.68. The molecule has 1 saturated heterocycles. The fourth-order valence-corrected chi connectivity index (χ4v) is 2.68. The third kappa shape index (κ3) is 3.67. The molecule has 0 spiro atoms. The van der Waals surface area contributed by atoms with Crippen molar-refractivity contribution >= 4 is 0 Å². The van der Waals surface area contributed by atoms with Gasteiger partial charge in [0.15, 0.2) is 0 Å². The maximum absolute atomic E-state index is 5.59. The van der Waals surface area contributed by atoms with Crippen molar-refractivity contribution in [1.82, 2.24) is 10.2 Å². The van der Waals surface area contributed by atoms with Crippen molar-refractivity contribution in [3.05, 3.63) is 0 Å². The molecule has 0 aromatic rings. The second-order valence-electron chi connectivity index (χ2n) is 6.21. The van der Waals surface area contributed by atoms with E-state index in [1.165, 1.54) is 25.8 Å². The van der Waals surface area contributed by atoms with Gasteiger partial charge in [-0.05, 0) is 45.6 Å². The van der Waals surface area contributed by atoms with E-state index in [0.717, 1.165) is 32.2 Å². The first-order valence-electron chi connectivity index (χ1n) is 7.19. The van der Waals surface area contributed by atoms with Gasteiger partial charge in [-0.2, -0.15) is 0 Å². The van der Waals surface area contributed by atoms with Crippen molar-refractivity contribution in [2.45, 2.75) is 51.6 Å². The lowest BCUT2D eigenvalue weighted by Gasteiger charge is -2.44. The summed E-state index contributed by atoms with van der Waals surface area (Å²) in [7, 11) is 0. The Hall–Kier alpha value is -0.120. The molecular formula is C14H28N2O. The summed E-state index contributed by atoms with van der Waals surface area (Å²) >= 11 is 0. The number of hydrogen-bond donors (Lipinski definition) is 1. The topological polar surface area (TPSA) is 24.5 Å². The van der Waals surface area contributed by atoms with Gasteiger partial charge in [-0.15, -0.1) is 0 Å². The molecule has 1 heterocycles. The maximum Gasteiger partial charge on any atom is 0.0645 e. The quantitative estimate of drug-likeness (QED) is 0.767. The number of rotatable bonds is 6. The highest BCUT2D eigenvalue weighted by Crippen LogP contribution is 2.34. The highest BCUT2D eigenvalue weighted by Gasteiger charge is 2.36. The second-order valence-corrected chi connectivity index (χ2v) is 6.21. The van der Waals surface area contributed by atoms with Crippen molar-refractivity contribution in [2.24, 2.45) is 5.92 Å². The van der Waals surface area contributed by atoms with Crippen LogP contribution in [0, 0.1) is 5.92 Å². The molecule has 2 aliphatic rings. The van der Waals surface area contributed by atoms with Gasteiger partial charge in [-0.25, -0.2) is 0 Å². The molecule has 1 aliphatic heterocycles. The summed E-state index contributed by atoms with van der Waals surface area (Å²) in [5.41, 5.74) is 0.208. The Morgan fingerprint density at radius 1 is 1.41 bits per heavy atom. The molecule has 1 unspecified atom stereocenters. The van der Waals surface area contributed by atoms with Crippen LogP contribution >= 0.6 is 0 Å². The molecule has 1 aliphatic carbocycles. The van der Waals surface area contributed by atoms with Gasteiger partial charge in [0.05, 0.1) is 13.2 Å². The van der Waals surface area contributed by atoms with Crippen LogP contribution in [0.15, 0.2) is 0 Å². The van der Waals surface area contributed by atoms with Gasteiger partial charge >= 0.3 is 0 Å². The predicted molar refractivity (Wildman–Crippen MR) is 71.3 cm³/mol. The van der Waals surface area contributed by atoms with Gasteiger partial charge in [0.2, 0.25) is 0 Å². The normalized spacial score (nSPS) is 27.0. The fourth-order valence-electron chi connectivity index (χ4n) is 2.68. The lowest BCUT2D eigenvalue weighted by atomic mass is 10.0. The Morgan fingerprint density at radius 3 is 2.76 bits per heavy atom. The van der Waals surface area contributed by atoms with Gasteiger partial charge in [-0.1, -0.05) is 6.92 Å². The van der Waals surface area contributed by atoms with Crippen molar-refractivity contribution < 1.29 is 4.74 Å². The zero-order valence-corrected chi connectivity index (χ0v) is 11.7. The van der Waals surface area contributed by atoms with E-state index in [0.29, 0.717) is 6.04 Å². The van der Waals surface area contributed by atoms with Gasteiger partial charge in [0.1, 0.15) is 0 Å². The summed E-state index contributed by atoms with van der Waals surface area (Å²) in [5, 5.41) is 3.73. The molecule has 3 nitrogen and oxygen atoms in total. The van der Waals surface area contributed by atoms with Crippen LogP contribution < -0.4 is 5.32 Å². The number of hydrogen-bond acceptors (Lipinski definition) is 3. The molecule has 0 amide bonds. The maximum atomic E-state index is 5.59. The SMILES string of the molecule is CCCNC(CN1CCOCC1(C)C)C1CC1. The minimum absolute atomic E-state index is 0.208. The molecule has 100 valence electrons. The van der Waals surface area contributed by atoms with E-state index >= 15 is 0 Å². The van der Waals surface area contributed by atoms with Crippen molar-refractivity contribution in [2.75, 3.05) is 32.8 Å². The van der Waals surface area contributed by atoms with Crippen LogP contribution in [0.1, 0.15) is 40.0 Å². The summed E-state index contributed by atoms with van der Waals surface area (Å²) < 4.78 is 5.59. The summed E-state index contributed by atoms with van der Waals surface area (Å²) in [6.45, 7) is 12.1. The molecule has 3 heteroatoms. The van der Waals surface area contributed by atoms with Gasteiger partial charge in [0, 0.05) is 24.7 Å². The molecule has 0 aromatic heterocycles. The van der Waals surface area contributed by atoms with Crippen molar-refractivity contribution in [3.8, 4) is 0 Å². The largest absolute Gasteiger partial charge is 0.378 e. The lowest BCUT2D eigenvalue weighted by Crippen LogP contribution is -2.57. The van der Waals surface area contributed by atoms with Crippen LogP contribution in [-0.2, 0) is 4.74 Å². The molecule has 1 saturated carbocycles. The zero-order chi connectivity index (χ0) is 12.3. The van der Waals surface area contributed by atoms with Gasteiger partial charge in [0.25, 0.3) is 0 Å². The third-order valence-electron chi connectivity index (χ3n) is 4.08. The van der Waals surface area contributed by atoms with Gasteiger partial charge in [-0.3, -0.25) is 4.90 Å². The average molecular weight is 240 g/mol. The molecule has 0 bridgehead atoms. The first-order valence-corrected chi connectivity index (χ1v) is 7.19. The zero-order valence-electron chi connectivity index (χ0n) is 11.7. The smallest absolute Gasteiger partial charge is 0.0645 e. The van der Waals surface area contributed by atoms with Crippen LogP contribution in [-0.4, -0.2) is 49.3 Å². The number of morpholine rings is 1. The standard InChI is InChI=1S/C14H28N2O/c1-4-7-15-13(12-5-6-12)10-16-8-9-17-11-14(16,2)3/h12-13,15H,4-11H2,1-3H3. The molecular weight excluding hydrogens is 212 g/mol. The Kier molecular flexibility index (Phi) is 4.45. The first kappa shape index (κ1) is 13.3. The van der Waals surface area contributed by atoms with E-state index in [2.05, 4.69) is 31.0 Å². The minimum Gasteiger partial charge on any atom is -0.378 e.